The molecule has 1 rings (SSSR count). The summed E-state index contributed by atoms with van der Waals surface area (Å²) in [5, 5.41) is 8.93. The van der Waals surface area contributed by atoms with Crippen LogP contribution in [0.2, 0.25) is 0 Å². The molecule has 0 aliphatic carbocycles. The van der Waals surface area contributed by atoms with Gasteiger partial charge in [-0.1, -0.05) is 0 Å². The lowest BCUT2D eigenvalue weighted by Crippen LogP contribution is -2.24. The topological polar surface area (TPSA) is 72.5 Å². The van der Waals surface area contributed by atoms with Gasteiger partial charge in [0.15, 0.2) is 0 Å². The lowest BCUT2D eigenvalue weighted by atomic mass is 10.1. The molecule has 0 radical (unpaired) electrons. The number of carboxylic acid groups (broad SMARTS) is 1. The Hall–Kier alpha value is -1.71. The highest BCUT2D eigenvalue weighted by Gasteiger charge is 2.18. The first-order valence-electron chi connectivity index (χ1n) is 4.61. The molecule has 0 bridgehead atoms. The van der Waals surface area contributed by atoms with Gasteiger partial charge in [-0.2, -0.15) is 0 Å². The molecule has 0 heterocycles. The van der Waals surface area contributed by atoms with Crippen molar-refractivity contribution in [2.45, 2.75) is 26.4 Å². The molecule has 0 fully saturated rings. The average molecular weight is 209 g/mol. The summed E-state index contributed by atoms with van der Waals surface area (Å²) < 4.78 is 5.51. The maximum atomic E-state index is 10.9. The van der Waals surface area contributed by atoms with Gasteiger partial charge in [0, 0.05) is 11.8 Å². The largest absolute Gasteiger partial charge is 0.487 e. The SMILES string of the molecule is CC(C)(C)Oc1cc(N)ccc1C(=O)O. The summed E-state index contributed by atoms with van der Waals surface area (Å²) in [7, 11) is 0. The van der Waals surface area contributed by atoms with Crippen LogP contribution in [-0.2, 0) is 0 Å². The fourth-order valence-corrected chi connectivity index (χ4v) is 1.13. The summed E-state index contributed by atoms with van der Waals surface area (Å²) in [4.78, 5) is 10.9. The Labute approximate surface area is 88.7 Å². The number of carboxylic acids is 1. The van der Waals surface area contributed by atoms with E-state index in [1.165, 1.54) is 12.1 Å². The Kier molecular flexibility index (Phi) is 2.88. The third-order valence-electron chi connectivity index (χ3n) is 1.65. The minimum atomic E-state index is -1.02. The molecular formula is C11H15NO3. The molecule has 0 unspecified atom stereocenters. The van der Waals surface area contributed by atoms with Crippen molar-refractivity contribution in [3.63, 3.8) is 0 Å². The lowest BCUT2D eigenvalue weighted by molar-refractivity contribution is 0.0681. The number of hydrogen-bond donors (Lipinski definition) is 2. The average Bonchev–Trinajstić information content (AvgIpc) is 1.99. The second kappa shape index (κ2) is 3.81. The van der Waals surface area contributed by atoms with Crippen molar-refractivity contribution in [1.82, 2.24) is 0 Å². The zero-order chi connectivity index (χ0) is 11.6. The van der Waals surface area contributed by atoms with Gasteiger partial charge in [0.2, 0.25) is 0 Å². The number of carbonyl (C=O) groups is 1. The first-order valence-corrected chi connectivity index (χ1v) is 4.61. The van der Waals surface area contributed by atoms with Crippen molar-refractivity contribution < 1.29 is 14.6 Å². The second-order valence-electron chi connectivity index (χ2n) is 4.28. The van der Waals surface area contributed by atoms with E-state index in [4.69, 9.17) is 15.6 Å². The summed E-state index contributed by atoms with van der Waals surface area (Å²) >= 11 is 0. The maximum Gasteiger partial charge on any atom is 0.339 e. The van der Waals surface area contributed by atoms with Gasteiger partial charge in [-0.25, -0.2) is 4.79 Å². The van der Waals surface area contributed by atoms with Crippen molar-refractivity contribution in [2.24, 2.45) is 0 Å². The number of benzene rings is 1. The third kappa shape index (κ3) is 3.16. The Morgan fingerprint density at radius 2 is 2.00 bits per heavy atom. The van der Waals surface area contributed by atoms with Crippen molar-refractivity contribution in [1.29, 1.82) is 0 Å². The van der Waals surface area contributed by atoms with Crippen LogP contribution in [0.3, 0.4) is 0 Å². The highest BCUT2D eigenvalue weighted by atomic mass is 16.5. The van der Waals surface area contributed by atoms with Crippen molar-refractivity contribution in [3.8, 4) is 5.75 Å². The van der Waals surface area contributed by atoms with E-state index >= 15 is 0 Å². The molecule has 0 saturated heterocycles. The van der Waals surface area contributed by atoms with Gasteiger partial charge in [-0.15, -0.1) is 0 Å². The summed E-state index contributed by atoms with van der Waals surface area (Å²) in [5.74, 6) is -0.718. The van der Waals surface area contributed by atoms with E-state index in [0.717, 1.165) is 0 Å². The van der Waals surface area contributed by atoms with Gasteiger partial charge in [0.1, 0.15) is 16.9 Å². The van der Waals surface area contributed by atoms with Crippen molar-refractivity contribution in [2.75, 3.05) is 5.73 Å². The zero-order valence-corrected chi connectivity index (χ0v) is 9.07. The van der Waals surface area contributed by atoms with E-state index in [0.29, 0.717) is 11.4 Å². The molecule has 1 aromatic rings. The van der Waals surface area contributed by atoms with E-state index < -0.39 is 11.6 Å². The molecule has 15 heavy (non-hydrogen) atoms. The van der Waals surface area contributed by atoms with Crippen LogP contribution in [0.1, 0.15) is 31.1 Å². The first kappa shape index (κ1) is 11.4. The number of nitrogens with two attached hydrogens (primary N) is 1. The molecule has 4 nitrogen and oxygen atoms in total. The van der Waals surface area contributed by atoms with Crippen LogP contribution in [0.4, 0.5) is 5.69 Å². The number of hydrogen-bond acceptors (Lipinski definition) is 3. The fourth-order valence-electron chi connectivity index (χ4n) is 1.13. The molecule has 0 atom stereocenters. The van der Waals surface area contributed by atoms with Crippen LogP contribution in [0.25, 0.3) is 0 Å². The van der Waals surface area contributed by atoms with Gasteiger partial charge in [-0.05, 0) is 32.9 Å². The normalized spacial score (nSPS) is 11.1. The summed E-state index contributed by atoms with van der Waals surface area (Å²) in [6.45, 7) is 5.55. The van der Waals surface area contributed by atoms with Gasteiger partial charge in [0.25, 0.3) is 0 Å². The second-order valence-corrected chi connectivity index (χ2v) is 4.28. The van der Waals surface area contributed by atoms with Crippen LogP contribution < -0.4 is 10.5 Å². The Bertz CT molecular complexity index is 380. The molecule has 1 aromatic carbocycles. The smallest absolute Gasteiger partial charge is 0.339 e. The van der Waals surface area contributed by atoms with Crippen LogP contribution in [0.5, 0.6) is 5.75 Å². The molecular weight excluding hydrogens is 194 g/mol. The lowest BCUT2D eigenvalue weighted by Gasteiger charge is -2.22. The number of aromatic carboxylic acids is 1. The molecule has 0 amide bonds. The number of anilines is 1. The molecule has 0 spiro atoms. The number of nitrogen functional groups attached to an aromatic ring is 1. The number of ether oxygens (including phenoxy) is 1. The van der Waals surface area contributed by atoms with E-state index in [1.807, 2.05) is 20.8 Å². The van der Waals surface area contributed by atoms with Crippen molar-refractivity contribution in [3.05, 3.63) is 23.8 Å². The summed E-state index contributed by atoms with van der Waals surface area (Å²) in [6, 6.07) is 4.51. The van der Waals surface area contributed by atoms with Crippen molar-refractivity contribution >= 4 is 11.7 Å². The predicted molar refractivity (Wildman–Crippen MR) is 58.2 cm³/mol. The van der Waals surface area contributed by atoms with Gasteiger partial charge in [-0.3, -0.25) is 0 Å². The molecule has 4 heteroatoms. The highest BCUT2D eigenvalue weighted by molar-refractivity contribution is 5.91. The monoisotopic (exact) mass is 209 g/mol. The van der Waals surface area contributed by atoms with Gasteiger partial charge in [0.05, 0.1) is 0 Å². The maximum absolute atomic E-state index is 10.9. The minimum Gasteiger partial charge on any atom is -0.487 e. The molecule has 82 valence electrons. The quantitative estimate of drug-likeness (QED) is 0.732. The molecule has 0 aliphatic heterocycles. The Morgan fingerprint density at radius 3 is 2.47 bits per heavy atom. The molecule has 0 aromatic heterocycles. The highest BCUT2D eigenvalue weighted by Crippen LogP contribution is 2.25. The van der Waals surface area contributed by atoms with E-state index in [1.54, 1.807) is 6.07 Å². The van der Waals surface area contributed by atoms with Gasteiger partial charge < -0.3 is 15.6 Å². The van der Waals surface area contributed by atoms with Gasteiger partial charge >= 0.3 is 5.97 Å². The third-order valence-corrected chi connectivity index (χ3v) is 1.65. The summed E-state index contributed by atoms with van der Waals surface area (Å²) in [6.07, 6.45) is 0. The summed E-state index contributed by atoms with van der Waals surface area (Å²) in [5.41, 5.74) is 5.74. The van der Waals surface area contributed by atoms with E-state index in [9.17, 15) is 4.79 Å². The van der Waals surface area contributed by atoms with Crippen LogP contribution in [0, 0.1) is 0 Å². The zero-order valence-electron chi connectivity index (χ0n) is 9.07. The first-order chi connectivity index (χ1) is 6.79. The predicted octanol–water partition coefficient (Wildman–Crippen LogP) is 2.14. The van der Waals surface area contributed by atoms with E-state index in [-0.39, 0.29) is 5.56 Å². The molecule has 3 N–H and O–H groups in total. The fraction of sp³-hybridized carbons (Fsp3) is 0.364. The number of rotatable bonds is 2. The molecule has 0 aliphatic rings. The standard InChI is InChI=1S/C11H15NO3/c1-11(2,3)15-9-6-7(12)4-5-8(9)10(13)14/h4-6H,12H2,1-3H3,(H,13,14). The Morgan fingerprint density at radius 1 is 1.40 bits per heavy atom. The van der Waals surface area contributed by atoms with E-state index in [2.05, 4.69) is 0 Å². The van der Waals surface area contributed by atoms with Crippen LogP contribution >= 0.6 is 0 Å². The van der Waals surface area contributed by atoms with Crippen LogP contribution in [-0.4, -0.2) is 16.7 Å². The Balaban J connectivity index is 3.13. The minimum absolute atomic E-state index is 0.124. The van der Waals surface area contributed by atoms with Crippen LogP contribution in [0.15, 0.2) is 18.2 Å². The molecule has 0 saturated carbocycles.